The van der Waals surface area contributed by atoms with Crippen LogP contribution in [0.2, 0.25) is 0 Å². The number of ether oxygens (including phenoxy) is 2. The minimum absolute atomic E-state index is 0.0407. The van der Waals surface area contributed by atoms with Crippen molar-refractivity contribution in [3.8, 4) is 5.75 Å². The summed E-state index contributed by atoms with van der Waals surface area (Å²) in [7, 11) is -4.16. The molecule has 0 spiro atoms. The molecule has 5 aliphatic carbocycles. The van der Waals surface area contributed by atoms with Gasteiger partial charge in [0.25, 0.3) is 10.0 Å². The topological polar surface area (TPSA) is 135 Å². The molecule has 9 nitrogen and oxygen atoms in total. The van der Waals surface area contributed by atoms with Crippen LogP contribution in [0.4, 0.5) is 4.79 Å². The van der Waals surface area contributed by atoms with Gasteiger partial charge in [-0.1, -0.05) is 20.8 Å². The molecule has 228 valence electrons. The Balaban J connectivity index is 1.06. The number of sulfonamides is 1. The zero-order valence-electron chi connectivity index (χ0n) is 24.5. The Kier molecular flexibility index (Phi) is 7.59. The number of nitrogens with zero attached hydrogens (tertiary/aromatic N) is 1. The SMILES string of the molecule is C[C@H](COC(=O)NS(=O)(=O)c1ccc(OC2CC2)cn1)[C@H]1CC[C@H]2[C@@H]3[C@H](O)C[C@@H]4C[C@H](O)CC[C@]4(C)[C@H]3CC[C@]12C. The molecule has 41 heavy (non-hydrogen) atoms. The molecule has 5 aliphatic rings. The third-order valence-corrected chi connectivity index (χ3v) is 13.1. The molecule has 0 saturated heterocycles. The quantitative estimate of drug-likeness (QED) is 0.417. The highest BCUT2D eigenvalue weighted by atomic mass is 32.2. The Bertz CT molecular complexity index is 1240. The fourth-order valence-corrected chi connectivity index (χ4v) is 10.5. The predicted octanol–water partition coefficient (Wildman–Crippen LogP) is 4.66. The molecule has 6 rings (SSSR count). The summed E-state index contributed by atoms with van der Waals surface area (Å²) in [6.07, 6.45) is 9.66. The third-order valence-electron chi connectivity index (χ3n) is 11.9. The molecule has 0 bridgehead atoms. The monoisotopic (exact) mass is 590 g/mol. The molecule has 0 aliphatic heterocycles. The summed E-state index contributed by atoms with van der Waals surface area (Å²) in [4.78, 5) is 16.5. The number of carbonyl (C=O) groups excluding carboxylic acids is 1. The van der Waals surface area contributed by atoms with E-state index in [1.165, 1.54) is 12.3 Å². The summed E-state index contributed by atoms with van der Waals surface area (Å²) >= 11 is 0. The van der Waals surface area contributed by atoms with Gasteiger partial charge in [0.2, 0.25) is 0 Å². The van der Waals surface area contributed by atoms with Gasteiger partial charge in [0.05, 0.1) is 31.1 Å². The van der Waals surface area contributed by atoms with Crippen molar-refractivity contribution in [3.63, 3.8) is 0 Å². The van der Waals surface area contributed by atoms with Gasteiger partial charge in [-0.3, -0.25) is 0 Å². The van der Waals surface area contributed by atoms with Crippen molar-refractivity contribution in [1.29, 1.82) is 0 Å². The average Bonchev–Trinajstić information content (AvgIpc) is 3.66. The van der Waals surface area contributed by atoms with Gasteiger partial charge in [0.15, 0.2) is 5.03 Å². The van der Waals surface area contributed by atoms with Crippen LogP contribution in [0, 0.1) is 46.3 Å². The van der Waals surface area contributed by atoms with E-state index in [0.717, 1.165) is 64.2 Å². The summed E-state index contributed by atoms with van der Waals surface area (Å²) in [5, 5.41) is 21.5. The number of nitrogens with one attached hydrogen (secondary N) is 1. The molecule has 10 heteroatoms. The minimum atomic E-state index is -4.16. The van der Waals surface area contributed by atoms with Crippen LogP contribution in [0.1, 0.15) is 85.0 Å². The summed E-state index contributed by atoms with van der Waals surface area (Å²) in [5.74, 6) is 2.44. The molecule has 1 aromatic rings. The van der Waals surface area contributed by atoms with E-state index in [1.807, 2.05) is 4.72 Å². The smallest absolute Gasteiger partial charge is 0.421 e. The molecule has 5 saturated carbocycles. The lowest BCUT2D eigenvalue weighted by molar-refractivity contribution is -0.174. The van der Waals surface area contributed by atoms with Crippen LogP contribution < -0.4 is 9.46 Å². The Morgan fingerprint density at radius 1 is 1.05 bits per heavy atom. The fraction of sp³-hybridized carbons (Fsp3) is 0.806. The van der Waals surface area contributed by atoms with Gasteiger partial charge in [0, 0.05) is 0 Å². The zero-order valence-corrected chi connectivity index (χ0v) is 25.3. The van der Waals surface area contributed by atoms with E-state index in [0.29, 0.717) is 29.4 Å². The third kappa shape index (κ3) is 5.37. The van der Waals surface area contributed by atoms with Gasteiger partial charge in [-0.2, -0.15) is 8.42 Å². The normalized spacial score (nSPS) is 41.0. The van der Waals surface area contributed by atoms with Crippen molar-refractivity contribution in [3.05, 3.63) is 18.3 Å². The Morgan fingerprint density at radius 3 is 2.49 bits per heavy atom. The Hall–Kier alpha value is -1.91. The average molecular weight is 591 g/mol. The van der Waals surface area contributed by atoms with Crippen molar-refractivity contribution >= 4 is 16.1 Å². The summed E-state index contributed by atoms with van der Waals surface area (Å²) in [6, 6.07) is 2.87. The number of fused-ring (bicyclic) bond motifs is 5. The van der Waals surface area contributed by atoms with Crippen molar-refractivity contribution in [1.82, 2.24) is 9.71 Å². The predicted molar refractivity (Wildman–Crippen MR) is 151 cm³/mol. The number of aliphatic hydroxyl groups excluding tert-OH is 2. The molecule has 1 amide bonds. The minimum Gasteiger partial charge on any atom is -0.489 e. The van der Waals surface area contributed by atoms with Gasteiger partial charge in [-0.05, 0) is 123 Å². The highest BCUT2D eigenvalue weighted by Crippen LogP contribution is 2.68. The number of hydrogen-bond donors (Lipinski definition) is 3. The van der Waals surface area contributed by atoms with Crippen molar-refractivity contribution in [2.24, 2.45) is 46.3 Å². The lowest BCUT2D eigenvalue weighted by atomic mass is 9.43. The maximum atomic E-state index is 12.7. The number of carbonyl (C=O) groups is 1. The first-order chi connectivity index (χ1) is 19.4. The van der Waals surface area contributed by atoms with Crippen LogP contribution in [-0.2, 0) is 14.8 Å². The first kappa shape index (κ1) is 29.2. The van der Waals surface area contributed by atoms with Crippen molar-refractivity contribution in [2.45, 2.75) is 108 Å². The highest BCUT2D eigenvalue weighted by Gasteiger charge is 2.62. The maximum Gasteiger partial charge on any atom is 0.421 e. The van der Waals surface area contributed by atoms with Gasteiger partial charge >= 0.3 is 6.09 Å². The number of amides is 1. The van der Waals surface area contributed by atoms with Crippen molar-refractivity contribution < 1.29 is 32.9 Å². The maximum absolute atomic E-state index is 12.7. The number of pyridine rings is 1. The van der Waals surface area contributed by atoms with E-state index in [1.54, 1.807) is 6.07 Å². The first-order valence-electron chi connectivity index (χ1n) is 15.6. The largest absolute Gasteiger partial charge is 0.489 e. The standard InChI is InChI=1S/C31H46N2O7S/c1-18(17-39-29(36)33-41(37,38)27-9-6-22(16-32-27)40-21-4-5-21)23-7-8-24-28-25(11-13-31(23,24)3)30(2)12-10-20(34)14-19(30)15-26(28)35/h6,9,16,18-21,23-26,28,34-35H,4-5,7-8,10-15,17H2,1-3H3,(H,33,36)/t18-,19+,20-,23-,24+,25+,26-,28+,30+,31-/m1/s1. The molecule has 3 N–H and O–H groups in total. The van der Waals surface area contributed by atoms with E-state index >= 15 is 0 Å². The van der Waals surface area contributed by atoms with Crippen LogP contribution in [0.15, 0.2) is 23.4 Å². The van der Waals surface area contributed by atoms with Crippen LogP contribution in [-0.4, -0.2) is 54.6 Å². The van der Waals surface area contributed by atoms with Gasteiger partial charge in [0.1, 0.15) is 5.75 Å². The van der Waals surface area contributed by atoms with Crippen LogP contribution in [0.5, 0.6) is 5.75 Å². The van der Waals surface area contributed by atoms with E-state index in [2.05, 4.69) is 25.8 Å². The van der Waals surface area contributed by atoms with Crippen molar-refractivity contribution in [2.75, 3.05) is 6.61 Å². The van der Waals surface area contributed by atoms with Crippen LogP contribution in [0.25, 0.3) is 0 Å². The lowest BCUT2D eigenvalue weighted by Crippen LogP contribution is -2.58. The molecule has 1 aromatic heterocycles. The number of aromatic nitrogens is 1. The molecule has 0 radical (unpaired) electrons. The first-order valence-corrected chi connectivity index (χ1v) is 17.1. The molecule has 0 unspecified atom stereocenters. The highest BCUT2D eigenvalue weighted by molar-refractivity contribution is 7.90. The van der Waals surface area contributed by atoms with Gasteiger partial charge < -0.3 is 19.7 Å². The van der Waals surface area contributed by atoms with E-state index in [9.17, 15) is 23.4 Å². The van der Waals surface area contributed by atoms with Gasteiger partial charge in [-0.25, -0.2) is 14.5 Å². The summed E-state index contributed by atoms with van der Waals surface area (Å²) in [6.45, 7) is 6.99. The van der Waals surface area contributed by atoms with Gasteiger partial charge in [-0.15, -0.1) is 0 Å². The second kappa shape index (κ2) is 10.7. The van der Waals surface area contributed by atoms with E-state index in [4.69, 9.17) is 9.47 Å². The molecule has 10 atom stereocenters. The summed E-state index contributed by atoms with van der Waals surface area (Å²) in [5.41, 5.74) is 0.222. The van der Waals surface area contributed by atoms with Crippen LogP contribution >= 0.6 is 0 Å². The molecule has 5 fully saturated rings. The number of rotatable bonds is 7. The van der Waals surface area contributed by atoms with E-state index in [-0.39, 0.29) is 52.6 Å². The zero-order chi connectivity index (χ0) is 29.2. The fourth-order valence-electron chi connectivity index (χ4n) is 9.66. The second-order valence-corrected chi connectivity index (χ2v) is 15.9. The summed E-state index contributed by atoms with van der Waals surface area (Å²) < 4.78 is 38.4. The second-order valence-electron chi connectivity index (χ2n) is 14.3. The van der Waals surface area contributed by atoms with Crippen LogP contribution in [0.3, 0.4) is 0 Å². The number of hydrogen-bond acceptors (Lipinski definition) is 8. The Morgan fingerprint density at radius 2 is 1.78 bits per heavy atom. The Labute approximate surface area is 243 Å². The molecule has 0 aromatic carbocycles. The van der Waals surface area contributed by atoms with E-state index < -0.39 is 16.1 Å². The molecular formula is C31H46N2O7S. The number of aliphatic hydroxyl groups is 2. The molecule has 1 heterocycles. The lowest BCUT2D eigenvalue weighted by Gasteiger charge is -2.62. The molecular weight excluding hydrogens is 544 g/mol.